The van der Waals surface area contributed by atoms with Crippen LogP contribution in [0.3, 0.4) is 0 Å². The molecule has 0 saturated carbocycles. The summed E-state index contributed by atoms with van der Waals surface area (Å²) in [6.45, 7) is 5.65. The minimum atomic E-state index is -0.862. The number of non-ortho nitro benzene ring substituents is 1. The highest BCUT2D eigenvalue weighted by Gasteiger charge is 2.26. The number of rotatable bonds is 6. The summed E-state index contributed by atoms with van der Waals surface area (Å²) in [4.78, 5) is 10.1. The predicted octanol–water partition coefficient (Wildman–Crippen LogP) is 2.91. The maximum atomic E-state index is 10.6. The second kappa shape index (κ2) is 6.55. The van der Waals surface area contributed by atoms with Gasteiger partial charge in [-0.25, -0.2) is 0 Å². The van der Waals surface area contributed by atoms with Gasteiger partial charge in [-0.2, -0.15) is 5.26 Å². The van der Waals surface area contributed by atoms with Gasteiger partial charge in [0.15, 0.2) is 0 Å². The molecule has 7 heteroatoms. The van der Waals surface area contributed by atoms with E-state index in [1.165, 1.54) is 18.2 Å². The van der Waals surface area contributed by atoms with E-state index in [1.54, 1.807) is 6.92 Å². The lowest BCUT2D eigenvalue weighted by Crippen LogP contribution is -2.49. The van der Waals surface area contributed by atoms with Crippen LogP contribution in [0.1, 0.15) is 20.8 Å². The van der Waals surface area contributed by atoms with Gasteiger partial charge in [-0.1, -0.05) is 11.6 Å². The molecule has 0 aliphatic carbocycles. The Morgan fingerprint density at radius 2 is 2.25 bits per heavy atom. The molecule has 1 unspecified atom stereocenters. The van der Waals surface area contributed by atoms with Crippen LogP contribution in [-0.2, 0) is 0 Å². The first-order valence-corrected chi connectivity index (χ1v) is 6.41. The van der Waals surface area contributed by atoms with Crippen molar-refractivity contribution in [3.63, 3.8) is 0 Å². The summed E-state index contributed by atoms with van der Waals surface area (Å²) in [6, 6.07) is 6.21. The fraction of sp³-hybridized carbons (Fsp3) is 0.462. The highest BCUT2D eigenvalue weighted by molar-refractivity contribution is 6.32. The molecule has 0 heterocycles. The molecule has 0 radical (unpaired) electrons. The van der Waals surface area contributed by atoms with Gasteiger partial charge in [0, 0.05) is 18.2 Å². The summed E-state index contributed by atoms with van der Waals surface area (Å²) in [6.07, 6.45) is 0. The molecule has 1 aromatic rings. The van der Waals surface area contributed by atoms with Crippen LogP contribution in [0, 0.1) is 21.4 Å². The largest absolute Gasteiger partial charge is 0.489 e. The highest BCUT2D eigenvalue weighted by atomic mass is 35.5. The van der Waals surface area contributed by atoms with Crippen molar-refractivity contribution in [1.29, 1.82) is 5.26 Å². The Morgan fingerprint density at radius 3 is 2.70 bits per heavy atom. The van der Waals surface area contributed by atoms with Gasteiger partial charge in [0.1, 0.15) is 17.9 Å². The van der Waals surface area contributed by atoms with E-state index in [2.05, 4.69) is 11.4 Å². The van der Waals surface area contributed by atoms with E-state index in [0.29, 0.717) is 5.75 Å². The van der Waals surface area contributed by atoms with Crippen molar-refractivity contribution in [2.45, 2.75) is 32.4 Å². The third-order valence-corrected chi connectivity index (χ3v) is 2.79. The smallest absolute Gasteiger partial charge is 0.271 e. The van der Waals surface area contributed by atoms with E-state index in [9.17, 15) is 15.4 Å². The van der Waals surface area contributed by atoms with Crippen molar-refractivity contribution in [3.8, 4) is 11.8 Å². The second-order valence-electron chi connectivity index (χ2n) is 4.90. The lowest BCUT2D eigenvalue weighted by atomic mass is 10.1. The number of hydrogen-bond donors (Lipinski definition) is 1. The van der Waals surface area contributed by atoms with E-state index >= 15 is 0 Å². The highest BCUT2D eigenvalue weighted by Crippen LogP contribution is 2.29. The topological polar surface area (TPSA) is 88.2 Å². The van der Waals surface area contributed by atoms with Gasteiger partial charge in [-0.05, 0) is 26.8 Å². The summed E-state index contributed by atoms with van der Waals surface area (Å²) in [5.74, 6) is 0.310. The van der Waals surface area contributed by atoms with Gasteiger partial charge < -0.3 is 4.74 Å². The van der Waals surface area contributed by atoms with E-state index in [1.807, 2.05) is 13.8 Å². The minimum Gasteiger partial charge on any atom is -0.489 e. The van der Waals surface area contributed by atoms with E-state index in [-0.39, 0.29) is 23.4 Å². The third kappa shape index (κ3) is 4.37. The lowest BCUT2D eigenvalue weighted by Gasteiger charge is -2.26. The van der Waals surface area contributed by atoms with E-state index in [0.717, 1.165) is 0 Å². The molecular weight excluding hydrogens is 282 g/mol. The number of nitrogens with one attached hydrogen (secondary N) is 1. The van der Waals surface area contributed by atoms with Gasteiger partial charge in [-0.15, -0.1) is 0 Å². The summed E-state index contributed by atoms with van der Waals surface area (Å²) in [7, 11) is 0. The maximum Gasteiger partial charge on any atom is 0.271 e. The number of nitro benzene ring substituents is 1. The van der Waals surface area contributed by atoms with Gasteiger partial charge >= 0.3 is 0 Å². The first-order valence-electron chi connectivity index (χ1n) is 6.03. The van der Waals surface area contributed by atoms with E-state index in [4.69, 9.17) is 16.3 Å². The van der Waals surface area contributed by atoms with Gasteiger partial charge in [0.05, 0.1) is 16.0 Å². The molecule has 108 valence electrons. The first-order chi connectivity index (χ1) is 9.27. The lowest BCUT2D eigenvalue weighted by molar-refractivity contribution is -0.384. The van der Waals surface area contributed by atoms with Crippen LogP contribution in [0.15, 0.2) is 18.2 Å². The summed E-state index contributed by atoms with van der Waals surface area (Å²) in [5, 5.41) is 23.0. The minimum absolute atomic E-state index is 0.0826. The molecule has 0 aromatic heterocycles. The number of ether oxygens (including phenoxy) is 1. The zero-order chi connectivity index (χ0) is 15.3. The maximum absolute atomic E-state index is 10.6. The zero-order valence-corrected chi connectivity index (χ0v) is 12.3. The molecule has 1 atom stereocenters. The Labute approximate surface area is 122 Å². The summed E-state index contributed by atoms with van der Waals surface area (Å²) >= 11 is 5.92. The Morgan fingerprint density at radius 1 is 1.60 bits per heavy atom. The van der Waals surface area contributed by atoms with Crippen molar-refractivity contribution in [1.82, 2.24) is 5.32 Å². The van der Waals surface area contributed by atoms with Crippen molar-refractivity contribution in [2.75, 3.05) is 6.61 Å². The average molecular weight is 298 g/mol. The molecule has 0 aliphatic heterocycles. The third-order valence-electron chi connectivity index (χ3n) is 2.50. The SMILES string of the molecule is CC(C)NC(C)(C#N)COc1ccc([N+](=O)[O-])cc1Cl. The van der Waals surface area contributed by atoms with Crippen LogP contribution in [-0.4, -0.2) is 23.1 Å². The van der Waals surface area contributed by atoms with Crippen molar-refractivity contribution >= 4 is 17.3 Å². The van der Waals surface area contributed by atoms with Crippen molar-refractivity contribution in [2.24, 2.45) is 0 Å². The van der Waals surface area contributed by atoms with Gasteiger partial charge in [0.25, 0.3) is 5.69 Å². The summed E-state index contributed by atoms with van der Waals surface area (Å²) < 4.78 is 5.49. The molecule has 6 nitrogen and oxygen atoms in total. The number of nitro groups is 1. The van der Waals surface area contributed by atoms with Crippen LogP contribution >= 0.6 is 11.6 Å². The second-order valence-corrected chi connectivity index (χ2v) is 5.31. The molecule has 20 heavy (non-hydrogen) atoms. The Bertz CT molecular complexity index is 542. The Hall–Kier alpha value is -1.84. The fourth-order valence-corrected chi connectivity index (χ4v) is 1.92. The molecule has 1 N–H and O–H groups in total. The predicted molar refractivity (Wildman–Crippen MR) is 75.9 cm³/mol. The molecule has 0 amide bonds. The monoisotopic (exact) mass is 297 g/mol. The van der Waals surface area contributed by atoms with Crippen LogP contribution in [0.2, 0.25) is 5.02 Å². The number of benzene rings is 1. The van der Waals surface area contributed by atoms with Crippen LogP contribution in [0.4, 0.5) is 5.69 Å². The molecule has 0 bridgehead atoms. The van der Waals surface area contributed by atoms with Gasteiger partial charge in [-0.3, -0.25) is 15.4 Å². The fourth-order valence-electron chi connectivity index (χ4n) is 1.69. The molecule has 0 spiro atoms. The quantitative estimate of drug-likeness (QED) is 0.644. The molecule has 0 fully saturated rings. The Balaban J connectivity index is 2.79. The van der Waals surface area contributed by atoms with Crippen LogP contribution in [0.5, 0.6) is 5.75 Å². The molecular formula is C13H16ClN3O3. The molecule has 1 rings (SSSR count). The molecule has 1 aromatic carbocycles. The van der Waals surface area contributed by atoms with Crippen LogP contribution in [0.25, 0.3) is 0 Å². The van der Waals surface area contributed by atoms with Crippen molar-refractivity contribution < 1.29 is 9.66 Å². The molecule has 0 aliphatic rings. The normalized spacial score (nSPS) is 13.6. The van der Waals surface area contributed by atoms with Gasteiger partial charge in [0.2, 0.25) is 0 Å². The first kappa shape index (κ1) is 16.2. The standard InChI is InChI=1S/C13H16ClN3O3/c1-9(2)16-13(3,7-15)8-20-12-5-4-10(17(18)19)6-11(12)14/h4-6,9,16H,8H2,1-3H3. The number of nitriles is 1. The number of nitrogens with zero attached hydrogens (tertiary/aromatic N) is 2. The summed E-state index contributed by atoms with van der Waals surface area (Å²) in [5.41, 5.74) is -0.968. The molecule has 0 saturated heterocycles. The van der Waals surface area contributed by atoms with E-state index < -0.39 is 10.5 Å². The Kier molecular flexibility index (Phi) is 5.31. The average Bonchev–Trinajstić information content (AvgIpc) is 2.36. The number of halogens is 1. The number of hydrogen-bond acceptors (Lipinski definition) is 5. The zero-order valence-electron chi connectivity index (χ0n) is 11.5. The van der Waals surface area contributed by atoms with Crippen molar-refractivity contribution in [3.05, 3.63) is 33.3 Å². The van der Waals surface area contributed by atoms with Crippen LogP contribution < -0.4 is 10.1 Å².